The Balaban J connectivity index is 2.14. The van der Waals surface area contributed by atoms with Crippen molar-refractivity contribution in [3.8, 4) is 0 Å². The molecule has 0 aliphatic rings. The van der Waals surface area contributed by atoms with E-state index in [1.54, 1.807) is 0 Å². The summed E-state index contributed by atoms with van der Waals surface area (Å²) in [6, 6.07) is 7.08. The molecule has 28 heavy (non-hydrogen) atoms. The van der Waals surface area contributed by atoms with Gasteiger partial charge in [0.05, 0.1) is 28.5 Å². The molecule has 0 fully saturated rings. The highest BCUT2D eigenvalue weighted by Gasteiger charge is 2.42. The quantitative estimate of drug-likeness (QED) is 0.471. The van der Waals surface area contributed by atoms with E-state index in [2.05, 4.69) is 15.0 Å². The molecule has 1 unspecified atom stereocenters. The normalized spacial score (nSPS) is 13.6. The SMILES string of the molecule is O=c1[nH]c2cccc(C(O)(c3ccc(F)cn3)c3c(F)cc(F)cc3F)c2[nH]1. The fourth-order valence-electron chi connectivity index (χ4n) is 3.24. The molecule has 0 saturated heterocycles. The summed E-state index contributed by atoms with van der Waals surface area (Å²) in [7, 11) is 0. The van der Waals surface area contributed by atoms with Crippen molar-refractivity contribution >= 4 is 11.0 Å². The Morgan fingerprint density at radius 1 is 0.929 bits per heavy atom. The van der Waals surface area contributed by atoms with E-state index < -0.39 is 40.1 Å². The van der Waals surface area contributed by atoms with Gasteiger partial charge in [-0.05, 0) is 18.2 Å². The fourth-order valence-corrected chi connectivity index (χ4v) is 3.24. The van der Waals surface area contributed by atoms with E-state index >= 15 is 0 Å². The molecule has 0 aliphatic carbocycles. The van der Waals surface area contributed by atoms with E-state index in [1.807, 2.05) is 0 Å². The van der Waals surface area contributed by atoms with Gasteiger partial charge < -0.3 is 15.1 Å². The number of hydrogen-bond donors (Lipinski definition) is 3. The Kier molecular flexibility index (Phi) is 4.04. The highest BCUT2D eigenvalue weighted by atomic mass is 19.1. The third-order valence-corrected chi connectivity index (χ3v) is 4.41. The zero-order valence-electron chi connectivity index (χ0n) is 13.9. The zero-order chi connectivity index (χ0) is 20.1. The van der Waals surface area contributed by atoms with Crippen molar-refractivity contribution in [3.63, 3.8) is 0 Å². The molecular weight excluding hydrogens is 378 g/mol. The molecule has 4 rings (SSSR count). The Bertz CT molecular complexity index is 1230. The molecule has 0 amide bonds. The number of nitrogens with one attached hydrogen (secondary N) is 2. The van der Waals surface area contributed by atoms with Crippen LogP contribution in [0, 0.1) is 23.3 Å². The second kappa shape index (κ2) is 6.31. The van der Waals surface area contributed by atoms with E-state index in [-0.39, 0.29) is 22.3 Å². The predicted molar refractivity (Wildman–Crippen MR) is 91.5 cm³/mol. The van der Waals surface area contributed by atoms with Crippen LogP contribution in [0.4, 0.5) is 17.6 Å². The number of rotatable bonds is 3. The maximum Gasteiger partial charge on any atom is 0.323 e. The molecule has 0 radical (unpaired) electrons. The van der Waals surface area contributed by atoms with Crippen LogP contribution in [0.25, 0.3) is 11.0 Å². The van der Waals surface area contributed by atoms with E-state index in [0.717, 1.165) is 18.3 Å². The highest BCUT2D eigenvalue weighted by molar-refractivity contribution is 5.80. The smallest absolute Gasteiger partial charge is 0.323 e. The van der Waals surface area contributed by atoms with E-state index in [9.17, 15) is 27.5 Å². The number of H-pyrrole nitrogens is 2. The lowest BCUT2D eigenvalue weighted by atomic mass is 9.81. The average molecular weight is 389 g/mol. The van der Waals surface area contributed by atoms with Gasteiger partial charge in [-0.25, -0.2) is 22.4 Å². The highest BCUT2D eigenvalue weighted by Crippen LogP contribution is 2.40. The van der Waals surface area contributed by atoms with Crippen molar-refractivity contribution in [1.29, 1.82) is 0 Å². The lowest BCUT2D eigenvalue weighted by Crippen LogP contribution is -2.33. The van der Waals surface area contributed by atoms with Gasteiger partial charge in [0.1, 0.15) is 23.3 Å². The molecule has 0 aliphatic heterocycles. The molecule has 2 aromatic carbocycles. The van der Waals surface area contributed by atoms with Crippen LogP contribution in [0.2, 0.25) is 0 Å². The van der Waals surface area contributed by atoms with E-state index in [0.29, 0.717) is 12.1 Å². The van der Waals surface area contributed by atoms with Gasteiger partial charge in [-0.3, -0.25) is 4.98 Å². The van der Waals surface area contributed by atoms with Gasteiger partial charge >= 0.3 is 5.69 Å². The maximum absolute atomic E-state index is 14.6. The first-order valence-corrected chi connectivity index (χ1v) is 8.01. The molecule has 5 nitrogen and oxygen atoms in total. The predicted octanol–water partition coefficient (Wildman–Crippen LogP) is 3.09. The number of aliphatic hydroxyl groups is 1. The Morgan fingerprint density at radius 2 is 1.64 bits per heavy atom. The summed E-state index contributed by atoms with van der Waals surface area (Å²) in [5.74, 6) is -4.66. The molecular formula is C19H11F4N3O2. The number of halogens is 4. The minimum atomic E-state index is -2.60. The van der Waals surface area contributed by atoms with Gasteiger partial charge in [0.25, 0.3) is 0 Å². The number of imidazole rings is 1. The zero-order valence-corrected chi connectivity index (χ0v) is 13.9. The summed E-state index contributed by atoms with van der Waals surface area (Å²) >= 11 is 0. The van der Waals surface area contributed by atoms with E-state index in [4.69, 9.17) is 0 Å². The van der Waals surface area contributed by atoms with Gasteiger partial charge in [-0.2, -0.15) is 0 Å². The molecule has 2 heterocycles. The van der Waals surface area contributed by atoms with Crippen molar-refractivity contribution in [2.24, 2.45) is 0 Å². The minimum Gasteiger partial charge on any atom is -0.374 e. The van der Waals surface area contributed by atoms with Crippen LogP contribution in [0.3, 0.4) is 0 Å². The van der Waals surface area contributed by atoms with Crippen LogP contribution in [0.1, 0.15) is 16.8 Å². The van der Waals surface area contributed by atoms with Crippen LogP contribution in [0.15, 0.2) is 53.5 Å². The molecule has 3 N–H and O–H groups in total. The summed E-state index contributed by atoms with van der Waals surface area (Å²) < 4.78 is 56.1. The van der Waals surface area contributed by atoms with Gasteiger partial charge in [-0.1, -0.05) is 12.1 Å². The number of benzene rings is 2. The fraction of sp³-hybridized carbons (Fsp3) is 0.0526. The maximum atomic E-state index is 14.6. The summed E-state index contributed by atoms with van der Waals surface area (Å²) in [6.45, 7) is 0. The Hall–Kier alpha value is -3.46. The summed E-state index contributed by atoms with van der Waals surface area (Å²) in [5.41, 5.74) is -4.27. The molecule has 4 aromatic rings. The largest absolute Gasteiger partial charge is 0.374 e. The summed E-state index contributed by atoms with van der Waals surface area (Å²) in [5, 5.41) is 11.6. The molecule has 2 aromatic heterocycles. The van der Waals surface area contributed by atoms with Gasteiger partial charge in [0.2, 0.25) is 0 Å². The standard InChI is InChI=1S/C19H11F4N3O2/c20-9-4-5-15(24-8-9)19(28,16-12(22)6-10(21)7-13(16)23)11-2-1-3-14-17(11)26-18(27)25-14/h1-8,28H,(H2,25,26,27). The molecule has 142 valence electrons. The number of aromatic nitrogens is 3. The van der Waals surface area contributed by atoms with Crippen molar-refractivity contribution in [1.82, 2.24) is 15.0 Å². The van der Waals surface area contributed by atoms with E-state index in [1.165, 1.54) is 18.2 Å². The summed E-state index contributed by atoms with van der Waals surface area (Å²) in [4.78, 5) is 20.4. The topological polar surface area (TPSA) is 81.8 Å². The lowest BCUT2D eigenvalue weighted by Gasteiger charge is -2.30. The third-order valence-electron chi connectivity index (χ3n) is 4.41. The van der Waals surface area contributed by atoms with Gasteiger partial charge in [0, 0.05) is 17.7 Å². The second-order valence-corrected chi connectivity index (χ2v) is 6.12. The average Bonchev–Trinajstić information content (AvgIpc) is 3.01. The van der Waals surface area contributed by atoms with Crippen molar-refractivity contribution in [2.75, 3.05) is 0 Å². The Morgan fingerprint density at radius 3 is 2.29 bits per heavy atom. The number of para-hydroxylation sites is 1. The van der Waals surface area contributed by atoms with Gasteiger partial charge in [-0.15, -0.1) is 0 Å². The van der Waals surface area contributed by atoms with Crippen molar-refractivity contribution in [2.45, 2.75) is 5.60 Å². The van der Waals surface area contributed by atoms with Crippen molar-refractivity contribution < 1.29 is 22.7 Å². The number of pyridine rings is 1. The number of aromatic amines is 2. The van der Waals surface area contributed by atoms with Crippen LogP contribution in [-0.4, -0.2) is 20.1 Å². The molecule has 9 heteroatoms. The lowest BCUT2D eigenvalue weighted by molar-refractivity contribution is 0.112. The summed E-state index contributed by atoms with van der Waals surface area (Å²) in [6.07, 6.45) is 0.764. The van der Waals surface area contributed by atoms with Crippen LogP contribution in [0.5, 0.6) is 0 Å². The monoisotopic (exact) mass is 389 g/mol. The van der Waals surface area contributed by atoms with Crippen LogP contribution >= 0.6 is 0 Å². The number of fused-ring (bicyclic) bond motifs is 1. The second-order valence-electron chi connectivity index (χ2n) is 6.12. The first kappa shape index (κ1) is 17.9. The minimum absolute atomic E-state index is 0.0595. The number of nitrogens with zero attached hydrogens (tertiary/aromatic N) is 1. The molecule has 0 bridgehead atoms. The molecule has 1 atom stereocenters. The first-order chi connectivity index (χ1) is 13.3. The Labute approximate surface area is 154 Å². The first-order valence-electron chi connectivity index (χ1n) is 8.01. The number of hydrogen-bond acceptors (Lipinski definition) is 3. The van der Waals surface area contributed by atoms with Crippen molar-refractivity contribution in [3.05, 3.63) is 99.2 Å². The van der Waals surface area contributed by atoms with Crippen LogP contribution < -0.4 is 5.69 Å². The van der Waals surface area contributed by atoms with Crippen LogP contribution in [-0.2, 0) is 5.60 Å². The van der Waals surface area contributed by atoms with Gasteiger partial charge in [0.15, 0.2) is 5.60 Å². The third kappa shape index (κ3) is 2.67. The molecule has 0 saturated carbocycles. The molecule has 0 spiro atoms.